The summed E-state index contributed by atoms with van der Waals surface area (Å²) in [5.74, 6) is -0.275. The quantitative estimate of drug-likeness (QED) is 0.692. The molecule has 0 spiro atoms. The van der Waals surface area contributed by atoms with E-state index in [0.29, 0.717) is 18.7 Å². The van der Waals surface area contributed by atoms with Gasteiger partial charge in [0, 0.05) is 16.6 Å². The molecular weight excluding hydrogens is 377 g/mol. The number of carbonyl (C=O) groups is 1. The monoisotopic (exact) mass is 403 g/mol. The van der Waals surface area contributed by atoms with Crippen LogP contribution in [0.3, 0.4) is 0 Å². The minimum Gasteiger partial charge on any atom is -0.444 e. The lowest BCUT2D eigenvalue weighted by Crippen LogP contribution is -2.35. The van der Waals surface area contributed by atoms with E-state index in [-0.39, 0.29) is 17.8 Å². The predicted octanol–water partition coefficient (Wildman–Crippen LogP) is 5.05. The van der Waals surface area contributed by atoms with E-state index in [1.807, 2.05) is 34.6 Å². The number of benzene rings is 1. The normalized spacial score (nSPS) is 12.1. The van der Waals surface area contributed by atoms with E-state index in [2.05, 4.69) is 21.2 Å². The summed E-state index contributed by atoms with van der Waals surface area (Å²) in [5.41, 5.74) is -0.124. The van der Waals surface area contributed by atoms with Crippen LogP contribution in [-0.2, 0) is 16.1 Å². The van der Waals surface area contributed by atoms with Crippen molar-refractivity contribution >= 4 is 22.0 Å². The van der Waals surface area contributed by atoms with Crippen molar-refractivity contribution in [2.45, 2.75) is 53.2 Å². The molecule has 136 valence electrons. The minimum absolute atomic E-state index is 0.141. The number of carbonyl (C=O) groups excluding carboxylic acids is 1. The number of rotatable bonds is 7. The molecule has 1 aromatic carbocycles. The number of ether oxygens (including phenoxy) is 2. The Kier molecular flexibility index (Phi) is 7.67. The van der Waals surface area contributed by atoms with Crippen molar-refractivity contribution in [1.82, 2.24) is 5.32 Å². The van der Waals surface area contributed by atoms with Gasteiger partial charge >= 0.3 is 6.09 Å². The van der Waals surface area contributed by atoms with Gasteiger partial charge in [0.15, 0.2) is 0 Å². The van der Waals surface area contributed by atoms with Crippen molar-refractivity contribution in [3.8, 4) is 0 Å². The molecule has 0 fully saturated rings. The lowest BCUT2D eigenvalue weighted by Gasteiger charge is -2.25. The summed E-state index contributed by atoms with van der Waals surface area (Å²) < 4.78 is 25.3. The maximum Gasteiger partial charge on any atom is 0.407 e. The predicted molar refractivity (Wildman–Crippen MR) is 96.4 cm³/mol. The summed E-state index contributed by atoms with van der Waals surface area (Å²) in [6.07, 6.45) is 0.308. The Labute approximate surface area is 152 Å². The molecule has 0 saturated heterocycles. The van der Waals surface area contributed by atoms with Crippen LogP contribution in [0.1, 0.15) is 46.6 Å². The maximum absolute atomic E-state index is 13.7. The molecule has 0 radical (unpaired) electrons. The molecule has 0 saturated carbocycles. The molecule has 1 aromatic rings. The Balaban J connectivity index is 2.33. The summed E-state index contributed by atoms with van der Waals surface area (Å²) in [6.45, 7) is 10.7. The third-order valence-electron chi connectivity index (χ3n) is 3.23. The van der Waals surface area contributed by atoms with Gasteiger partial charge in [-0.05, 0) is 50.8 Å². The van der Waals surface area contributed by atoms with Gasteiger partial charge in [-0.2, -0.15) is 0 Å². The van der Waals surface area contributed by atoms with Crippen molar-refractivity contribution in [2.24, 2.45) is 5.41 Å². The fraction of sp³-hybridized carbons (Fsp3) is 0.611. The first-order valence-electron chi connectivity index (χ1n) is 7.97. The van der Waals surface area contributed by atoms with E-state index in [0.717, 1.165) is 10.9 Å². The third kappa shape index (κ3) is 8.64. The van der Waals surface area contributed by atoms with Crippen LogP contribution >= 0.6 is 15.9 Å². The van der Waals surface area contributed by atoms with Gasteiger partial charge in [0.25, 0.3) is 0 Å². The molecule has 24 heavy (non-hydrogen) atoms. The number of amides is 1. The van der Waals surface area contributed by atoms with E-state index < -0.39 is 11.7 Å². The Morgan fingerprint density at radius 3 is 2.54 bits per heavy atom. The van der Waals surface area contributed by atoms with Crippen molar-refractivity contribution in [1.29, 1.82) is 0 Å². The van der Waals surface area contributed by atoms with E-state index in [4.69, 9.17) is 9.47 Å². The van der Waals surface area contributed by atoms with Gasteiger partial charge in [0.05, 0.1) is 13.2 Å². The van der Waals surface area contributed by atoms with Crippen LogP contribution in [0.5, 0.6) is 0 Å². The first-order valence-corrected chi connectivity index (χ1v) is 8.76. The molecule has 1 N–H and O–H groups in total. The second-order valence-corrected chi connectivity index (χ2v) is 8.49. The van der Waals surface area contributed by atoms with E-state index in [1.165, 1.54) is 6.07 Å². The van der Waals surface area contributed by atoms with Gasteiger partial charge < -0.3 is 14.8 Å². The molecule has 1 rings (SSSR count). The number of halogens is 2. The van der Waals surface area contributed by atoms with Gasteiger partial charge in [0.2, 0.25) is 0 Å². The number of alkyl carbamates (subject to hydrolysis) is 1. The number of nitrogens with one attached hydrogen (secondary N) is 1. The second kappa shape index (κ2) is 8.81. The highest BCUT2D eigenvalue weighted by Gasteiger charge is 2.20. The van der Waals surface area contributed by atoms with E-state index in [1.54, 1.807) is 12.1 Å². The molecule has 6 heteroatoms. The van der Waals surface area contributed by atoms with Crippen molar-refractivity contribution < 1.29 is 18.7 Å². The van der Waals surface area contributed by atoms with Crippen LogP contribution < -0.4 is 5.32 Å². The Hall–Kier alpha value is -1.14. The highest BCUT2D eigenvalue weighted by Crippen LogP contribution is 2.22. The van der Waals surface area contributed by atoms with Crippen LogP contribution in [0.25, 0.3) is 0 Å². The molecule has 0 aromatic heterocycles. The zero-order valence-corrected chi connectivity index (χ0v) is 16.6. The Bertz CT molecular complexity index is 556. The standard InChI is InChI=1S/C18H27BrFNO3/c1-17(2,3)24-16(22)21-9-8-18(4,5)12-23-11-13-10-14(19)6-7-15(13)20/h6-7,10H,8-9,11-12H2,1-5H3,(H,21,22). The van der Waals surface area contributed by atoms with Crippen LogP contribution in [0.15, 0.2) is 22.7 Å². The van der Waals surface area contributed by atoms with E-state index in [9.17, 15) is 9.18 Å². The Morgan fingerprint density at radius 2 is 1.92 bits per heavy atom. The topological polar surface area (TPSA) is 47.6 Å². The smallest absolute Gasteiger partial charge is 0.407 e. The molecule has 0 heterocycles. The average Bonchev–Trinajstić information content (AvgIpc) is 2.40. The molecule has 0 aliphatic rings. The van der Waals surface area contributed by atoms with Gasteiger partial charge in [-0.25, -0.2) is 9.18 Å². The van der Waals surface area contributed by atoms with Crippen LogP contribution in [-0.4, -0.2) is 24.8 Å². The lowest BCUT2D eigenvalue weighted by atomic mass is 9.90. The zero-order valence-electron chi connectivity index (χ0n) is 15.0. The summed E-state index contributed by atoms with van der Waals surface area (Å²) in [5, 5.41) is 2.74. The number of hydrogen-bond donors (Lipinski definition) is 1. The summed E-state index contributed by atoms with van der Waals surface area (Å²) >= 11 is 3.32. The first-order chi connectivity index (χ1) is 11.0. The molecule has 0 bridgehead atoms. The lowest BCUT2D eigenvalue weighted by molar-refractivity contribution is 0.0405. The molecular formula is C18H27BrFNO3. The zero-order chi connectivity index (χ0) is 18.4. The van der Waals surface area contributed by atoms with Crippen molar-refractivity contribution in [3.05, 3.63) is 34.1 Å². The molecule has 0 unspecified atom stereocenters. The minimum atomic E-state index is -0.503. The fourth-order valence-corrected chi connectivity index (χ4v) is 2.39. The fourth-order valence-electron chi connectivity index (χ4n) is 1.98. The molecule has 1 amide bonds. The van der Waals surface area contributed by atoms with Crippen LogP contribution in [0, 0.1) is 11.2 Å². The van der Waals surface area contributed by atoms with Crippen LogP contribution in [0.2, 0.25) is 0 Å². The summed E-state index contributed by atoms with van der Waals surface area (Å²) in [4.78, 5) is 11.6. The SMILES string of the molecule is CC(C)(CCNC(=O)OC(C)(C)C)COCc1cc(Br)ccc1F. The maximum atomic E-state index is 13.7. The molecule has 0 aliphatic carbocycles. The Morgan fingerprint density at radius 1 is 1.25 bits per heavy atom. The van der Waals surface area contributed by atoms with Gasteiger partial charge in [-0.15, -0.1) is 0 Å². The van der Waals surface area contributed by atoms with Gasteiger partial charge in [-0.3, -0.25) is 0 Å². The average molecular weight is 404 g/mol. The van der Waals surface area contributed by atoms with E-state index >= 15 is 0 Å². The highest BCUT2D eigenvalue weighted by atomic mass is 79.9. The van der Waals surface area contributed by atoms with Gasteiger partial charge in [0.1, 0.15) is 11.4 Å². The second-order valence-electron chi connectivity index (χ2n) is 7.57. The molecule has 4 nitrogen and oxygen atoms in total. The third-order valence-corrected chi connectivity index (χ3v) is 3.72. The van der Waals surface area contributed by atoms with Crippen molar-refractivity contribution in [2.75, 3.05) is 13.2 Å². The highest BCUT2D eigenvalue weighted by molar-refractivity contribution is 9.10. The first kappa shape index (κ1) is 20.9. The van der Waals surface area contributed by atoms with Gasteiger partial charge in [-0.1, -0.05) is 29.8 Å². The van der Waals surface area contributed by atoms with Crippen LogP contribution in [0.4, 0.5) is 9.18 Å². The number of hydrogen-bond acceptors (Lipinski definition) is 3. The summed E-state index contributed by atoms with van der Waals surface area (Å²) in [7, 11) is 0. The molecule has 0 atom stereocenters. The largest absolute Gasteiger partial charge is 0.444 e. The summed E-state index contributed by atoms with van der Waals surface area (Å²) in [6, 6.07) is 4.79. The van der Waals surface area contributed by atoms with Crippen molar-refractivity contribution in [3.63, 3.8) is 0 Å². The molecule has 0 aliphatic heterocycles.